The average Bonchev–Trinajstić information content (AvgIpc) is 3.74. The van der Waals surface area contributed by atoms with E-state index in [2.05, 4.69) is 156 Å². The number of carbonyl (C=O) groups is 2. The number of rotatable bonds is 4. The van der Waals surface area contributed by atoms with Crippen molar-refractivity contribution in [2.45, 2.75) is 96.9 Å². The average molecular weight is 693 g/mol. The Morgan fingerprint density at radius 3 is 1.02 bits per heavy atom. The van der Waals surface area contributed by atoms with Crippen LogP contribution in [-0.4, -0.2) is 11.6 Å². The van der Waals surface area contributed by atoms with E-state index in [9.17, 15) is 9.59 Å². The SMILES string of the molecule is Cc1c(C(=C2C=C(C(C)(C)C)C(=O)C(C(C)(C)C)=C2)c2cccs2)oc(C(=C2C=C(C(C)(C)C)C(=O)C(C(C)(C)C)=C2)c2cccs2)c1C. The lowest BCUT2D eigenvalue weighted by Gasteiger charge is -2.32. The molecule has 0 N–H and O–H groups in total. The molecule has 0 aromatic carbocycles. The first-order chi connectivity index (χ1) is 22.5. The molecule has 0 fully saturated rings. The van der Waals surface area contributed by atoms with Crippen molar-refractivity contribution in [3.8, 4) is 0 Å². The molecule has 0 saturated carbocycles. The summed E-state index contributed by atoms with van der Waals surface area (Å²) in [5.74, 6) is 1.83. The summed E-state index contributed by atoms with van der Waals surface area (Å²) < 4.78 is 7.17. The van der Waals surface area contributed by atoms with Gasteiger partial charge in [-0.05, 0) is 105 Å². The van der Waals surface area contributed by atoms with Crippen LogP contribution in [-0.2, 0) is 9.59 Å². The van der Waals surface area contributed by atoms with Crippen LogP contribution in [0.5, 0.6) is 0 Å². The first-order valence-corrected chi connectivity index (χ1v) is 18.9. The molecule has 3 aromatic rings. The molecule has 3 aromatic heterocycles. The molecule has 5 heteroatoms. The van der Waals surface area contributed by atoms with E-state index in [0.29, 0.717) is 0 Å². The summed E-state index contributed by atoms with van der Waals surface area (Å²) in [6, 6.07) is 8.41. The van der Waals surface area contributed by atoms with E-state index in [1.54, 1.807) is 22.7 Å². The molecule has 0 spiro atoms. The van der Waals surface area contributed by atoms with Crippen molar-refractivity contribution in [1.29, 1.82) is 0 Å². The van der Waals surface area contributed by atoms with Crippen LogP contribution in [0, 0.1) is 35.5 Å². The van der Waals surface area contributed by atoms with E-state index in [-0.39, 0.29) is 33.2 Å². The van der Waals surface area contributed by atoms with E-state index in [1.807, 2.05) is 0 Å². The molecule has 5 rings (SSSR count). The highest BCUT2D eigenvalue weighted by Crippen LogP contribution is 2.47. The molecule has 0 saturated heterocycles. The van der Waals surface area contributed by atoms with Crippen LogP contribution in [0.2, 0.25) is 0 Å². The zero-order valence-corrected chi connectivity index (χ0v) is 33.4. The standard InChI is InChI=1S/C44H52O3S2/c1-25-26(2)40(36(34-18-16-20-49-34)28-23-31(43(9,10)11)38(46)32(24-28)44(12,13)14)47-39(25)35(33-17-15-19-48-33)27-21-29(41(3,4)5)37(45)30(22-27)42(6,7)8/h15-24H,1-14H3. The molecule has 0 radical (unpaired) electrons. The summed E-state index contributed by atoms with van der Waals surface area (Å²) in [7, 11) is 0. The maximum atomic E-state index is 13.9. The van der Waals surface area contributed by atoms with Gasteiger partial charge in [-0.25, -0.2) is 0 Å². The minimum absolute atomic E-state index is 0.113. The van der Waals surface area contributed by atoms with Gasteiger partial charge in [0.2, 0.25) is 0 Å². The Morgan fingerprint density at radius 2 is 0.796 bits per heavy atom. The fourth-order valence-electron chi connectivity index (χ4n) is 6.46. The molecule has 0 aliphatic heterocycles. The van der Waals surface area contributed by atoms with Gasteiger partial charge in [-0.2, -0.15) is 0 Å². The van der Waals surface area contributed by atoms with Crippen LogP contribution in [0.15, 0.2) is 97.2 Å². The Kier molecular flexibility index (Phi) is 9.49. The van der Waals surface area contributed by atoms with Gasteiger partial charge in [0.1, 0.15) is 11.5 Å². The van der Waals surface area contributed by atoms with E-state index < -0.39 is 0 Å². The summed E-state index contributed by atoms with van der Waals surface area (Å²) in [5.41, 5.74) is 7.93. The first kappa shape index (κ1) is 36.7. The van der Waals surface area contributed by atoms with Gasteiger partial charge in [0, 0.05) is 43.2 Å². The topological polar surface area (TPSA) is 47.3 Å². The monoisotopic (exact) mass is 692 g/mol. The number of ketones is 2. The summed E-state index contributed by atoms with van der Waals surface area (Å²) in [5, 5.41) is 4.18. The quantitative estimate of drug-likeness (QED) is 0.273. The Hall–Kier alpha value is -3.54. The highest BCUT2D eigenvalue weighted by Gasteiger charge is 2.37. The number of allylic oxidation sites excluding steroid dienone is 10. The van der Waals surface area contributed by atoms with Crippen molar-refractivity contribution >= 4 is 45.4 Å². The zero-order chi connectivity index (χ0) is 36.4. The number of furan rings is 1. The second kappa shape index (κ2) is 12.7. The molecule has 2 aliphatic carbocycles. The van der Waals surface area contributed by atoms with Crippen LogP contribution < -0.4 is 0 Å². The predicted molar refractivity (Wildman–Crippen MR) is 209 cm³/mol. The van der Waals surface area contributed by atoms with Crippen LogP contribution in [0.25, 0.3) is 11.1 Å². The van der Waals surface area contributed by atoms with Crippen LogP contribution >= 0.6 is 22.7 Å². The minimum Gasteiger partial charge on any atom is -0.455 e. The molecule has 0 bridgehead atoms. The van der Waals surface area contributed by atoms with Gasteiger partial charge in [0.05, 0.1) is 0 Å². The van der Waals surface area contributed by atoms with E-state index >= 15 is 0 Å². The first-order valence-electron chi connectivity index (χ1n) is 17.2. The number of hydrogen-bond donors (Lipinski definition) is 0. The smallest absolute Gasteiger partial charge is 0.186 e. The van der Waals surface area contributed by atoms with Gasteiger partial charge in [0.25, 0.3) is 0 Å². The van der Waals surface area contributed by atoms with Crippen molar-refractivity contribution in [3.63, 3.8) is 0 Å². The molecule has 3 heterocycles. The highest BCUT2D eigenvalue weighted by atomic mass is 32.1. The lowest BCUT2D eigenvalue weighted by molar-refractivity contribution is -0.114. The summed E-state index contributed by atoms with van der Waals surface area (Å²) in [4.78, 5) is 30.0. The van der Waals surface area contributed by atoms with Crippen molar-refractivity contribution in [2.24, 2.45) is 21.7 Å². The van der Waals surface area contributed by atoms with E-state index in [1.165, 1.54) is 0 Å². The molecule has 258 valence electrons. The fourth-order valence-corrected chi connectivity index (χ4v) is 8.04. The number of Topliss-reactive ketones (excluding diaryl/α,β-unsaturated/α-hetero) is 2. The zero-order valence-electron chi connectivity index (χ0n) is 31.8. The summed E-state index contributed by atoms with van der Waals surface area (Å²) in [6.45, 7) is 29.6. The Bertz CT molecular complexity index is 1780. The van der Waals surface area contributed by atoms with Crippen molar-refractivity contribution < 1.29 is 14.0 Å². The van der Waals surface area contributed by atoms with Crippen molar-refractivity contribution in [1.82, 2.24) is 0 Å². The third-order valence-electron chi connectivity index (χ3n) is 9.42. The second-order valence-corrected chi connectivity index (χ2v) is 19.4. The molecule has 0 atom stereocenters. The van der Waals surface area contributed by atoms with Gasteiger partial charge < -0.3 is 4.42 Å². The van der Waals surface area contributed by atoms with Gasteiger partial charge in [0.15, 0.2) is 11.6 Å². The maximum Gasteiger partial charge on any atom is 0.186 e. The molecular weight excluding hydrogens is 641 g/mol. The highest BCUT2D eigenvalue weighted by molar-refractivity contribution is 7.11. The predicted octanol–water partition coefficient (Wildman–Crippen LogP) is 12.7. The van der Waals surface area contributed by atoms with Crippen LogP contribution in [0.3, 0.4) is 0 Å². The third kappa shape index (κ3) is 7.07. The lowest BCUT2D eigenvalue weighted by atomic mass is 9.71. The van der Waals surface area contributed by atoms with Crippen LogP contribution in [0.1, 0.15) is 115 Å². The van der Waals surface area contributed by atoms with Gasteiger partial charge >= 0.3 is 0 Å². The number of hydrogen-bond acceptors (Lipinski definition) is 5. The summed E-state index contributed by atoms with van der Waals surface area (Å²) >= 11 is 3.35. The molecule has 0 amide bonds. The van der Waals surface area contributed by atoms with Gasteiger partial charge in [-0.15, -0.1) is 22.7 Å². The molecule has 0 unspecified atom stereocenters. The van der Waals surface area contributed by atoms with Crippen molar-refractivity contribution in [3.05, 3.63) is 125 Å². The second-order valence-electron chi connectivity index (χ2n) is 17.5. The fraction of sp³-hybridized carbons (Fsp3) is 0.409. The van der Waals surface area contributed by atoms with Gasteiger partial charge in [-0.3, -0.25) is 9.59 Å². The summed E-state index contributed by atoms with van der Waals surface area (Å²) in [6.07, 6.45) is 8.36. The number of thiophene rings is 2. The van der Waals surface area contributed by atoms with E-state index in [0.717, 1.165) is 77.0 Å². The molecular formula is C44H52O3S2. The van der Waals surface area contributed by atoms with E-state index in [4.69, 9.17) is 4.42 Å². The largest absolute Gasteiger partial charge is 0.455 e. The van der Waals surface area contributed by atoms with Crippen LogP contribution in [0.4, 0.5) is 0 Å². The van der Waals surface area contributed by atoms with Gasteiger partial charge in [-0.1, -0.05) is 95.2 Å². The minimum atomic E-state index is -0.337. The normalized spacial score (nSPS) is 16.4. The Labute approximate surface area is 301 Å². The lowest BCUT2D eigenvalue weighted by Crippen LogP contribution is -2.28. The maximum absolute atomic E-state index is 13.9. The van der Waals surface area contributed by atoms with Crippen molar-refractivity contribution in [2.75, 3.05) is 0 Å². The Balaban J connectivity index is 1.90. The Morgan fingerprint density at radius 1 is 0.510 bits per heavy atom. The third-order valence-corrected chi connectivity index (χ3v) is 11.2. The molecule has 3 nitrogen and oxygen atoms in total. The number of carbonyl (C=O) groups excluding carboxylic acids is 2. The molecule has 49 heavy (non-hydrogen) atoms. The molecule has 2 aliphatic rings.